The van der Waals surface area contributed by atoms with E-state index in [4.69, 9.17) is 5.11 Å². The Bertz CT molecular complexity index is 241. The number of carboxylic acids is 1. The van der Waals surface area contributed by atoms with Crippen LogP contribution in [0.15, 0.2) is 0 Å². The number of carboxylic acid groups (broad SMARTS) is 1. The third-order valence-corrected chi connectivity index (χ3v) is 2.23. The van der Waals surface area contributed by atoms with Crippen molar-refractivity contribution in [3.63, 3.8) is 0 Å². The second kappa shape index (κ2) is 6.42. The van der Waals surface area contributed by atoms with E-state index >= 15 is 0 Å². The lowest BCUT2D eigenvalue weighted by atomic mass is 10.2. The molecular formula is C8H13NO4S. The van der Waals surface area contributed by atoms with Crippen LogP contribution in [0.4, 0.5) is 0 Å². The summed E-state index contributed by atoms with van der Waals surface area (Å²) in [6.45, 7) is 2.67. The van der Waals surface area contributed by atoms with E-state index in [1.807, 2.05) is 0 Å². The molecule has 0 unspecified atom stereocenters. The van der Waals surface area contributed by atoms with Crippen molar-refractivity contribution >= 4 is 28.8 Å². The fourth-order valence-corrected chi connectivity index (χ4v) is 1.46. The average molecular weight is 219 g/mol. The zero-order chi connectivity index (χ0) is 11.1. The summed E-state index contributed by atoms with van der Waals surface area (Å²) in [5, 5.41) is 10.9. The number of thioether (sulfide) groups is 1. The third-order valence-electron chi connectivity index (χ3n) is 1.39. The van der Waals surface area contributed by atoms with Crippen LogP contribution in [-0.2, 0) is 14.4 Å². The summed E-state index contributed by atoms with van der Waals surface area (Å²) in [6, 6.07) is -0.903. The molecule has 80 valence electrons. The molecule has 0 saturated carbocycles. The Labute approximate surface area is 86.2 Å². The van der Waals surface area contributed by atoms with Crippen LogP contribution in [0.5, 0.6) is 0 Å². The molecule has 5 nitrogen and oxygen atoms in total. The number of amides is 1. The highest BCUT2D eigenvalue weighted by molar-refractivity contribution is 8.13. The summed E-state index contributed by atoms with van der Waals surface area (Å²) >= 11 is 1.05. The van der Waals surface area contributed by atoms with Crippen molar-refractivity contribution in [1.29, 1.82) is 0 Å². The van der Waals surface area contributed by atoms with Crippen molar-refractivity contribution in [2.45, 2.75) is 26.3 Å². The van der Waals surface area contributed by atoms with E-state index in [0.717, 1.165) is 11.8 Å². The number of nitrogens with one attached hydrogen (secondary N) is 1. The zero-order valence-corrected chi connectivity index (χ0v) is 8.89. The molecule has 0 fully saturated rings. The van der Waals surface area contributed by atoms with Crippen molar-refractivity contribution < 1.29 is 19.5 Å². The molecule has 2 N–H and O–H groups in total. The predicted octanol–water partition coefficient (Wildman–Crippen LogP) is 0.245. The maximum absolute atomic E-state index is 10.6. The van der Waals surface area contributed by atoms with Gasteiger partial charge in [0.2, 0.25) is 5.91 Å². The molecule has 0 rings (SSSR count). The second-order valence-corrected chi connectivity index (χ2v) is 3.99. The molecule has 1 atom stereocenters. The summed E-state index contributed by atoms with van der Waals surface area (Å²) in [5.41, 5.74) is 0. The molecule has 0 saturated heterocycles. The highest BCUT2D eigenvalue weighted by atomic mass is 32.2. The van der Waals surface area contributed by atoms with Crippen molar-refractivity contribution in [2.24, 2.45) is 0 Å². The molecule has 0 heterocycles. The summed E-state index contributed by atoms with van der Waals surface area (Å²) in [4.78, 5) is 31.8. The van der Waals surface area contributed by atoms with E-state index in [9.17, 15) is 14.4 Å². The predicted molar refractivity (Wildman–Crippen MR) is 53.0 cm³/mol. The van der Waals surface area contributed by atoms with Gasteiger partial charge < -0.3 is 10.4 Å². The van der Waals surface area contributed by atoms with Gasteiger partial charge in [-0.15, -0.1) is 0 Å². The number of carbonyl (C=O) groups is 3. The Morgan fingerprint density at radius 2 is 1.93 bits per heavy atom. The van der Waals surface area contributed by atoms with Crippen molar-refractivity contribution in [3.8, 4) is 0 Å². The quantitative estimate of drug-likeness (QED) is 0.692. The van der Waals surface area contributed by atoms with Gasteiger partial charge in [-0.25, -0.2) is 4.79 Å². The lowest BCUT2D eigenvalue weighted by Gasteiger charge is -2.11. The van der Waals surface area contributed by atoms with Crippen LogP contribution in [-0.4, -0.2) is 33.9 Å². The van der Waals surface area contributed by atoms with E-state index in [1.165, 1.54) is 13.8 Å². The molecule has 0 bridgehead atoms. The number of hydrogen-bond acceptors (Lipinski definition) is 4. The number of carbonyl (C=O) groups excluding carboxylic acids is 2. The first-order valence-corrected chi connectivity index (χ1v) is 5.05. The van der Waals surface area contributed by atoms with Crippen LogP contribution in [0, 0.1) is 0 Å². The van der Waals surface area contributed by atoms with E-state index in [2.05, 4.69) is 5.32 Å². The topological polar surface area (TPSA) is 83.5 Å². The highest BCUT2D eigenvalue weighted by Crippen LogP contribution is 2.05. The van der Waals surface area contributed by atoms with E-state index in [1.54, 1.807) is 0 Å². The molecule has 0 aromatic carbocycles. The Balaban J connectivity index is 3.91. The first-order chi connectivity index (χ1) is 6.43. The molecule has 6 heteroatoms. The molecule has 0 aromatic heterocycles. The molecule has 14 heavy (non-hydrogen) atoms. The van der Waals surface area contributed by atoms with E-state index in [0.29, 0.717) is 5.75 Å². The van der Waals surface area contributed by atoms with Crippen molar-refractivity contribution in [2.75, 3.05) is 5.75 Å². The van der Waals surface area contributed by atoms with E-state index < -0.39 is 12.0 Å². The fourth-order valence-electron chi connectivity index (χ4n) is 0.823. The molecule has 0 aliphatic carbocycles. The fraction of sp³-hybridized carbons (Fsp3) is 0.625. The second-order valence-electron chi connectivity index (χ2n) is 2.72. The highest BCUT2D eigenvalue weighted by Gasteiger charge is 2.17. The zero-order valence-electron chi connectivity index (χ0n) is 8.07. The molecule has 0 spiro atoms. The Morgan fingerprint density at radius 1 is 1.36 bits per heavy atom. The lowest BCUT2D eigenvalue weighted by Crippen LogP contribution is -2.39. The molecule has 0 aliphatic heterocycles. The van der Waals surface area contributed by atoms with Gasteiger partial charge in [0.05, 0.1) is 0 Å². The lowest BCUT2D eigenvalue weighted by molar-refractivity contribution is -0.141. The summed E-state index contributed by atoms with van der Waals surface area (Å²) < 4.78 is 0. The molecular weight excluding hydrogens is 206 g/mol. The van der Waals surface area contributed by atoms with E-state index in [-0.39, 0.29) is 17.4 Å². The number of rotatable bonds is 5. The van der Waals surface area contributed by atoms with Gasteiger partial charge in [-0.1, -0.05) is 11.8 Å². The van der Waals surface area contributed by atoms with Gasteiger partial charge in [-0.2, -0.15) is 0 Å². The van der Waals surface area contributed by atoms with Crippen LogP contribution in [0.25, 0.3) is 0 Å². The molecule has 1 amide bonds. The minimum atomic E-state index is -1.08. The maximum Gasteiger partial charge on any atom is 0.326 e. The maximum atomic E-state index is 10.6. The Kier molecular flexibility index (Phi) is 5.94. The summed E-state index contributed by atoms with van der Waals surface area (Å²) in [6.07, 6.45) is 0.249. The van der Waals surface area contributed by atoms with Crippen LogP contribution in [0.1, 0.15) is 20.3 Å². The van der Waals surface area contributed by atoms with Gasteiger partial charge >= 0.3 is 5.97 Å². The van der Waals surface area contributed by atoms with Gasteiger partial charge in [-0.05, 0) is 6.42 Å². The Hall–Kier alpha value is -1.04. The normalized spacial score (nSPS) is 11.9. The summed E-state index contributed by atoms with van der Waals surface area (Å²) in [7, 11) is 0. The SMILES string of the molecule is CC(=O)N[C@H](CCSC(C)=O)C(=O)O. The first kappa shape index (κ1) is 13.0. The molecule has 0 aliphatic rings. The number of aliphatic carboxylic acids is 1. The average Bonchev–Trinajstić information content (AvgIpc) is 2.00. The van der Waals surface area contributed by atoms with Gasteiger partial charge in [0.25, 0.3) is 0 Å². The smallest absolute Gasteiger partial charge is 0.326 e. The molecule has 0 radical (unpaired) electrons. The van der Waals surface area contributed by atoms with Crippen LogP contribution >= 0.6 is 11.8 Å². The van der Waals surface area contributed by atoms with Crippen molar-refractivity contribution in [1.82, 2.24) is 5.32 Å². The first-order valence-electron chi connectivity index (χ1n) is 4.06. The van der Waals surface area contributed by atoms with Crippen LogP contribution in [0.3, 0.4) is 0 Å². The van der Waals surface area contributed by atoms with Gasteiger partial charge in [-0.3, -0.25) is 9.59 Å². The largest absolute Gasteiger partial charge is 0.480 e. The van der Waals surface area contributed by atoms with Gasteiger partial charge in [0.15, 0.2) is 5.12 Å². The summed E-state index contributed by atoms with van der Waals surface area (Å²) in [5.74, 6) is -1.07. The standard InChI is InChI=1S/C8H13NO4S/c1-5(10)9-7(8(12)13)3-4-14-6(2)11/h7H,3-4H2,1-2H3,(H,9,10)(H,12,13)/t7-/m1/s1. The monoisotopic (exact) mass is 219 g/mol. The van der Waals surface area contributed by atoms with Gasteiger partial charge in [0, 0.05) is 19.6 Å². The minimum absolute atomic E-state index is 0.0584. The Morgan fingerprint density at radius 3 is 2.29 bits per heavy atom. The van der Waals surface area contributed by atoms with Gasteiger partial charge in [0.1, 0.15) is 6.04 Å². The van der Waals surface area contributed by atoms with Crippen molar-refractivity contribution in [3.05, 3.63) is 0 Å². The minimum Gasteiger partial charge on any atom is -0.480 e. The third kappa shape index (κ3) is 6.47. The van der Waals surface area contributed by atoms with Crippen LogP contribution in [0.2, 0.25) is 0 Å². The number of hydrogen-bond donors (Lipinski definition) is 2. The molecule has 0 aromatic rings. The van der Waals surface area contributed by atoms with Crippen LogP contribution < -0.4 is 5.32 Å².